The van der Waals surface area contributed by atoms with Crippen molar-refractivity contribution < 1.29 is 0 Å². The molecular formula is C24H26P+. The molecule has 4 rings (SSSR count). The topological polar surface area (TPSA) is 0 Å². The highest BCUT2D eigenvalue weighted by molar-refractivity contribution is 7.89. The van der Waals surface area contributed by atoms with Crippen LogP contribution in [0.4, 0.5) is 0 Å². The summed E-state index contributed by atoms with van der Waals surface area (Å²) in [4.78, 5) is 0. The van der Waals surface area contributed by atoms with Crippen molar-refractivity contribution in [1.29, 1.82) is 0 Å². The first kappa shape index (κ1) is 16.6. The zero-order chi connectivity index (χ0) is 17.4. The molecule has 0 N–H and O–H groups in total. The van der Waals surface area contributed by atoms with E-state index in [9.17, 15) is 0 Å². The zero-order valence-corrected chi connectivity index (χ0v) is 16.2. The van der Waals surface area contributed by atoms with Crippen LogP contribution < -0.4 is 10.6 Å². The lowest BCUT2D eigenvalue weighted by Crippen LogP contribution is -2.37. The molecular weight excluding hydrogens is 319 g/mol. The van der Waals surface area contributed by atoms with Gasteiger partial charge in [-0.15, -0.1) is 0 Å². The smallest absolute Gasteiger partial charge is 0.0620 e. The largest absolute Gasteiger partial charge is 0.0998 e. The molecule has 1 heteroatoms. The molecule has 0 amide bonds. The molecule has 0 radical (unpaired) electrons. The van der Waals surface area contributed by atoms with Gasteiger partial charge in [-0.2, -0.15) is 0 Å². The predicted molar refractivity (Wildman–Crippen MR) is 112 cm³/mol. The first-order valence-electron chi connectivity index (χ1n) is 9.21. The van der Waals surface area contributed by atoms with E-state index in [1.165, 1.54) is 11.7 Å². The maximum absolute atomic E-state index is 2.49. The van der Waals surface area contributed by atoms with Gasteiger partial charge in [0.05, 0.1) is 29.7 Å². The summed E-state index contributed by atoms with van der Waals surface area (Å²) in [7, 11) is -1.49. The zero-order valence-electron chi connectivity index (χ0n) is 15.3. The first-order valence-corrected chi connectivity index (χ1v) is 11.3. The van der Waals surface area contributed by atoms with Crippen LogP contribution >= 0.6 is 7.26 Å². The number of rotatable bonds is 2. The molecule has 0 saturated heterocycles. The van der Waals surface area contributed by atoms with E-state index in [-0.39, 0.29) is 0 Å². The van der Waals surface area contributed by atoms with Gasteiger partial charge in [0, 0.05) is 5.92 Å². The van der Waals surface area contributed by atoms with Crippen molar-refractivity contribution in [2.75, 3.05) is 0 Å². The molecule has 0 fully saturated rings. The Labute approximate surface area is 152 Å². The van der Waals surface area contributed by atoms with Crippen molar-refractivity contribution in [2.24, 2.45) is 0 Å². The van der Waals surface area contributed by atoms with Crippen molar-refractivity contribution in [2.45, 2.75) is 38.5 Å². The van der Waals surface area contributed by atoms with Gasteiger partial charge < -0.3 is 0 Å². The second kappa shape index (κ2) is 6.43. The lowest BCUT2D eigenvalue weighted by atomic mass is 9.92. The van der Waals surface area contributed by atoms with Gasteiger partial charge in [0.1, 0.15) is 0 Å². The second-order valence-electron chi connectivity index (χ2n) is 7.43. The fourth-order valence-corrected chi connectivity index (χ4v) is 9.60. The molecule has 2 atom stereocenters. The van der Waals surface area contributed by atoms with Crippen LogP contribution in [0.1, 0.15) is 36.5 Å². The maximum Gasteiger partial charge on any atom is 0.0998 e. The average molecular weight is 345 g/mol. The summed E-state index contributed by atoms with van der Waals surface area (Å²) in [5, 5.41) is 3.10. The average Bonchev–Trinajstić information content (AvgIpc) is 2.66. The van der Waals surface area contributed by atoms with Crippen molar-refractivity contribution in [3.8, 4) is 0 Å². The maximum atomic E-state index is 2.49. The summed E-state index contributed by atoms with van der Waals surface area (Å²) in [6.45, 7) is 7.13. The number of fused-ring (bicyclic) bond motifs is 1. The Hall–Kier alpha value is -1.91. The van der Waals surface area contributed by atoms with E-state index in [0.717, 1.165) is 0 Å². The summed E-state index contributed by atoms with van der Waals surface area (Å²) >= 11 is 0. The van der Waals surface area contributed by atoms with Crippen LogP contribution in [-0.4, -0.2) is 5.66 Å². The van der Waals surface area contributed by atoms with E-state index in [1.807, 2.05) is 0 Å². The molecule has 0 aromatic heterocycles. The Morgan fingerprint density at radius 3 is 1.88 bits per heavy atom. The van der Waals surface area contributed by atoms with Crippen LogP contribution in [0.2, 0.25) is 0 Å². The lowest BCUT2D eigenvalue weighted by Gasteiger charge is -2.41. The molecule has 3 aromatic carbocycles. The molecule has 1 heterocycles. The van der Waals surface area contributed by atoms with Gasteiger partial charge in [0.25, 0.3) is 0 Å². The highest BCUT2D eigenvalue weighted by Gasteiger charge is 2.53. The summed E-state index contributed by atoms with van der Waals surface area (Å²) in [6.07, 6.45) is 1.18. The number of hydrogen-bond donors (Lipinski definition) is 0. The molecule has 1 aliphatic rings. The monoisotopic (exact) mass is 345 g/mol. The quantitative estimate of drug-likeness (QED) is 0.525. The van der Waals surface area contributed by atoms with Crippen molar-refractivity contribution in [1.82, 2.24) is 0 Å². The minimum Gasteiger partial charge on any atom is -0.0620 e. The molecule has 0 bridgehead atoms. The van der Waals surface area contributed by atoms with Gasteiger partial charge in [-0.3, -0.25) is 0 Å². The van der Waals surface area contributed by atoms with Crippen molar-refractivity contribution in [3.05, 3.63) is 95.6 Å². The highest BCUT2D eigenvalue weighted by Crippen LogP contribution is 2.69. The summed E-state index contributed by atoms with van der Waals surface area (Å²) in [6, 6.07) is 29.7. The third-order valence-electron chi connectivity index (χ3n) is 6.06. The molecule has 0 aliphatic carbocycles. The van der Waals surface area contributed by atoms with Gasteiger partial charge in [-0.25, -0.2) is 0 Å². The van der Waals surface area contributed by atoms with E-state index in [4.69, 9.17) is 0 Å². The molecule has 126 valence electrons. The SMILES string of the molecule is Cc1ccc2c(c1)C[P+](c1ccccc1)(c1ccccc1)C(C)C2C. The Morgan fingerprint density at radius 1 is 0.760 bits per heavy atom. The molecule has 1 aliphatic heterocycles. The predicted octanol–water partition coefficient (Wildman–Crippen LogP) is 5.67. The van der Waals surface area contributed by atoms with Crippen molar-refractivity contribution >= 4 is 17.9 Å². The van der Waals surface area contributed by atoms with E-state index < -0.39 is 7.26 Å². The Balaban J connectivity index is 1.99. The summed E-state index contributed by atoms with van der Waals surface area (Å²) in [5.74, 6) is 0.582. The number of aryl methyl sites for hydroxylation is 1. The normalized spacial score (nSPS) is 21.6. The van der Waals surface area contributed by atoms with Crippen LogP contribution in [0.3, 0.4) is 0 Å². The number of hydrogen-bond acceptors (Lipinski definition) is 0. The van der Waals surface area contributed by atoms with Gasteiger partial charge in [0.2, 0.25) is 0 Å². The Morgan fingerprint density at radius 2 is 1.32 bits per heavy atom. The first-order chi connectivity index (χ1) is 12.1. The summed E-state index contributed by atoms with van der Waals surface area (Å²) in [5.41, 5.74) is 5.14. The molecule has 25 heavy (non-hydrogen) atoms. The van der Waals surface area contributed by atoms with Gasteiger partial charge in [0.15, 0.2) is 0 Å². The lowest BCUT2D eigenvalue weighted by molar-refractivity contribution is 0.716. The van der Waals surface area contributed by atoms with Crippen LogP contribution in [0.5, 0.6) is 0 Å². The van der Waals surface area contributed by atoms with Crippen LogP contribution in [0, 0.1) is 6.92 Å². The molecule has 0 saturated carbocycles. The van der Waals surface area contributed by atoms with Crippen LogP contribution in [-0.2, 0) is 6.16 Å². The Kier molecular flexibility index (Phi) is 4.26. The summed E-state index contributed by atoms with van der Waals surface area (Å²) < 4.78 is 0. The van der Waals surface area contributed by atoms with Gasteiger partial charge in [-0.05, 0) is 49.2 Å². The van der Waals surface area contributed by atoms with Gasteiger partial charge >= 0.3 is 0 Å². The second-order valence-corrected chi connectivity index (χ2v) is 11.3. The molecule has 0 spiro atoms. The third-order valence-corrected chi connectivity index (χ3v) is 11.2. The fourth-order valence-electron chi connectivity index (χ4n) is 4.56. The molecule has 2 unspecified atom stereocenters. The van der Waals surface area contributed by atoms with Gasteiger partial charge in [-0.1, -0.05) is 67.1 Å². The van der Waals surface area contributed by atoms with E-state index in [1.54, 1.807) is 21.7 Å². The number of benzene rings is 3. The molecule has 3 aromatic rings. The van der Waals surface area contributed by atoms with Crippen LogP contribution in [0.15, 0.2) is 78.9 Å². The third kappa shape index (κ3) is 2.64. The highest BCUT2D eigenvalue weighted by atomic mass is 31.2. The van der Waals surface area contributed by atoms with E-state index in [2.05, 4.69) is 99.6 Å². The minimum atomic E-state index is -1.49. The fraction of sp³-hybridized carbons (Fsp3) is 0.250. The molecule has 0 nitrogen and oxygen atoms in total. The Bertz CT molecular complexity index is 828. The van der Waals surface area contributed by atoms with Crippen molar-refractivity contribution in [3.63, 3.8) is 0 Å². The minimum absolute atomic E-state index is 0.582. The van der Waals surface area contributed by atoms with Crippen LogP contribution in [0.25, 0.3) is 0 Å². The van der Waals surface area contributed by atoms with E-state index >= 15 is 0 Å². The van der Waals surface area contributed by atoms with E-state index in [0.29, 0.717) is 11.6 Å². The standard InChI is InChI=1S/C24H26P/c1-18-14-15-24-19(2)20(3)25(17-21(24)16-18,22-10-6-4-7-11-22)23-12-8-5-9-13-23/h4-16,19-20H,17H2,1-3H3/q+1.